The number of phenolic OH excluding ortho intramolecular Hbond substituents is 1. The van der Waals surface area contributed by atoms with Crippen LogP contribution in [0.15, 0.2) is 42.5 Å². The monoisotopic (exact) mass is 242 g/mol. The minimum atomic E-state index is 0.132. The maximum atomic E-state index is 9.70. The predicted molar refractivity (Wildman–Crippen MR) is 75.3 cm³/mol. The van der Waals surface area contributed by atoms with Gasteiger partial charge >= 0.3 is 0 Å². The van der Waals surface area contributed by atoms with Crippen LogP contribution in [0.4, 0.5) is 5.69 Å². The smallest absolute Gasteiger partial charge is 0.139 e. The van der Waals surface area contributed by atoms with E-state index in [1.54, 1.807) is 12.1 Å². The van der Waals surface area contributed by atoms with Crippen LogP contribution >= 0.6 is 0 Å². The molecule has 2 rings (SSSR count). The summed E-state index contributed by atoms with van der Waals surface area (Å²) in [4.78, 5) is 2.12. The highest BCUT2D eigenvalue weighted by Gasteiger charge is 2.07. The van der Waals surface area contributed by atoms with Crippen molar-refractivity contribution in [3.63, 3.8) is 0 Å². The van der Waals surface area contributed by atoms with Crippen molar-refractivity contribution in [3.8, 4) is 16.9 Å². The lowest BCUT2D eigenvalue weighted by atomic mass is 9.99. The van der Waals surface area contributed by atoms with Crippen LogP contribution in [-0.4, -0.2) is 24.1 Å². The summed E-state index contributed by atoms with van der Waals surface area (Å²) in [7, 11) is 4.08. The number of anilines is 1. The number of nitrogen functional groups attached to an aromatic ring is 1. The quantitative estimate of drug-likeness (QED) is 0.642. The van der Waals surface area contributed by atoms with Crippen molar-refractivity contribution in [2.45, 2.75) is 6.54 Å². The Hall–Kier alpha value is -2.00. The maximum absolute atomic E-state index is 9.70. The lowest BCUT2D eigenvalue weighted by Gasteiger charge is -2.14. The van der Waals surface area contributed by atoms with Crippen LogP contribution in [0.2, 0.25) is 0 Å². The van der Waals surface area contributed by atoms with Crippen molar-refractivity contribution >= 4 is 5.69 Å². The second-order valence-electron chi connectivity index (χ2n) is 4.67. The second kappa shape index (κ2) is 5.10. The number of hydrogen-bond acceptors (Lipinski definition) is 3. The molecule has 0 bridgehead atoms. The Balaban J connectivity index is 2.46. The van der Waals surface area contributed by atoms with Gasteiger partial charge in [0.2, 0.25) is 0 Å². The highest BCUT2D eigenvalue weighted by atomic mass is 16.3. The zero-order valence-corrected chi connectivity index (χ0v) is 10.7. The molecule has 2 aromatic carbocycles. The summed E-state index contributed by atoms with van der Waals surface area (Å²) < 4.78 is 0. The van der Waals surface area contributed by atoms with Gasteiger partial charge in [0.05, 0.1) is 5.69 Å². The Morgan fingerprint density at radius 3 is 2.50 bits per heavy atom. The fourth-order valence-corrected chi connectivity index (χ4v) is 1.99. The van der Waals surface area contributed by atoms with Crippen molar-refractivity contribution in [1.29, 1.82) is 0 Å². The van der Waals surface area contributed by atoms with Gasteiger partial charge in [-0.15, -0.1) is 0 Å². The molecule has 0 fully saturated rings. The summed E-state index contributed by atoms with van der Waals surface area (Å²) in [6, 6.07) is 13.6. The molecule has 3 nitrogen and oxygen atoms in total. The SMILES string of the molecule is CN(C)Cc1ccccc1-c1ccc(N)c(O)c1. The average Bonchev–Trinajstić information content (AvgIpc) is 2.33. The number of phenols is 1. The summed E-state index contributed by atoms with van der Waals surface area (Å²) in [6.45, 7) is 0.862. The molecular weight excluding hydrogens is 224 g/mol. The molecule has 18 heavy (non-hydrogen) atoms. The molecule has 0 unspecified atom stereocenters. The second-order valence-corrected chi connectivity index (χ2v) is 4.67. The number of aromatic hydroxyl groups is 1. The van der Waals surface area contributed by atoms with E-state index in [0.29, 0.717) is 5.69 Å². The van der Waals surface area contributed by atoms with Gasteiger partial charge in [-0.2, -0.15) is 0 Å². The van der Waals surface area contributed by atoms with Crippen LogP contribution < -0.4 is 5.73 Å². The lowest BCUT2D eigenvalue weighted by Crippen LogP contribution is -2.11. The molecule has 0 amide bonds. The van der Waals surface area contributed by atoms with E-state index in [4.69, 9.17) is 5.73 Å². The average molecular weight is 242 g/mol. The number of nitrogens with zero attached hydrogens (tertiary/aromatic N) is 1. The summed E-state index contributed by atoms with van der Waals surface area (Å²) in [6.07, 6.45) is 0. The van der Waals surface area contributed by atoms with Gasteiger partial charge in [-0.1, -0.05) is 30.3 Å². The Morgan fingerprint density at radius 2 is 1.83 bits per heavy atom. The van der Waals surface area contributed by atoms with Gasteiger partial charge in [0.25, 0.3) is 0 Å². The molecule has 2 aromatic rings. The van der Waals surface area contributed by atoms with Crippen LogP contribution in [-0.2, 0) is 6.54 Å². The first-order valence-corrected chi connectivity index (χ1v) is 5.89. The van der Waals surface area contributed by atoms with Crippen molar-refractivity contribution in [3.05, 3.63) is 48.0 Å². The molecule has 0 saturated carbocycles. The molecule has 94 valence electrons. The third-order valence-electron chi connectivity index (χ3n) is 2.85. The van der Waals surface area contributed by atoms with Crippen LogP contribution in [0.5, 0.6) is 5.75 Å². The van der Waals surface area contributed by atoms with Gasteiger partial charge in [0.1, 0.15) is 5.75 Å². The highest BCUT2D eigenvalue weighted by Crippen LogP contribution is 2.30. The third kappa shape index (κ3) is 2.63. The van der Waals surface area contributed by atoms with Crippen LogP contribution in [0.25, 0.3) is 11.1 Å². The zero-order valence-electron chi connectivity index (χ0n) is 10.7. The van der Waals surface area contributed by atoms with Gasteiger partial charge in [0.15, 0.2) is 0 Å². The van der Waals surface area contributed by atoms with Crippen molar-refractivity contribution in [2.24, 2.45) is 0 Å². The molecule has 0 radical (unpaired) electrons. The van der Waals surface area contributed by atoms with E-state index < -0.39 is 0 Å². The van der Waals surface area contributed by atoms with Crippen LogP contribution in [0, 0.1) is 0 Å². The maximum Gasteiger partial charge on any atom is 0.139 e. The molecule has 0 heterocycles. The summed E-state index contributed by atoms with van der Waals surface area (Å²) in [5.74, 6) is 0.132. The Labute approximate surface area is 107 Å². The van der Waals surface area contributed by atoms with Gasteiger partial charge in [-0.25, -0.2) is 0 Å². The van der Waals surface area contributed by atoms with Gasteiger partial charge in [-0.3, -0.25) is 0 Å². The van der Waals surface area contributed by atoms with E-state index in [1.807, 2.05) is 32.3 Å². The number of benzene rings is 2. The largest absolute Gasteiger partial charge is 0.506 e. The summed E-state index contributed by atoms with van der Waals surface area (Å²) in [5.41, 5.74) is 9.37. The highest BCUT2D eigenvalue weighted by molar-refractivity contribution is 5.72. The molecule has 0 saturated heterocycles. The van der Waals surface area contributed by atoms with Gasteiger partial charge in [-0.05, 0) is 42.9 Å². The Kier molecular flexibility index (Phi) is 3.53. The first-order chi connectivity index (χ1) is 8.58. The van der Waals surface area contributed by atoms with Crippen molar-refractivity contribution < 1.29 is 5.11 Å². The molecule has 0 aromatic heterocycles. The first-order valence-electron chi connectivity index (χ1n) is 5.89. The Morgan fingerprint density at radius 1 is 1.11 bits per heavy atom. The van der Waals surface area contributed by atoms with E-state index in [1.165, 1.54) is 5.56 Å². The molecule has 0 spiro atoms. The zero-order chi connectivity index (χ0) is 13.1. The third-order valence-corrected chi connectivity index (χ3v) is 2.85. The summed E-state index contributed by atoms with van der Waals surface area (Å²) in [5, 5.41) is 9.70. The predicted octanol–water partition coefficient (Wildman–Crippen LogP) is 2.70. The van der Waals surface area contributed by atoms with E-state index >= 15 is 0 Å². The minimum Gasteiger partial charge on any atom is -0.506 e. The summed E-state index contributed by atoms with van der Waals surface area (Å²) >= 11 is 0. The molecular formula is C15H18N2O. The van der Waals surface area contributed by atoms with Gasteiger partial charge in [0, 0.05) is 6.54 Å². The van der Waals surface area contributed by atoms with Crippen LogP contribution in [0.3, 0.4) is 0 Å². The first kappa shape index (κ1) is 12.5. The molecule has 3 N–H and O–H groups in total. The van der Waals surface area contributed by atoms with E-state index in [0.717, 1.165) is 17.7 Å². The fraction of sp³-hybridized carbons (Fsp3) is 0.200. The number of rotatable bonds is 3. The molecule has 3 heteroatoms. The molecule has 0 aliphatic rings. The number of nitrogens with two attached hydrogens (primary N) is 1. The molecule has 0 aliphatic heterocycles. The van der Waals surface area contributed by atoms with Gasteiger partial charge < -0.3 is 15.7 Å². The molecule has 0 atom stereocenters. The van der Waals surface area contributed by atoms with Crippen molar-refractivity contribution in [2.75, 3.05) is 19.8 Å². The topological polar surface area (TPSA) is 49.5 Å². The normalized spacial score (nSPS) is 10.8. The minimum absolute atomic E-state index is 0.132. The Bertz CT molecular complexity index is 550. The standard InChI is InChI=1S/C15H18N2O/c1-17(2)10-12-5-3-4-6-13(12)11-7-8-14(16)15(18)9-11/h3-9,18H,10,16H2,1-2H3. The fourth-order valence-electron chi connectivity index (χ4n) is 1.99. The number of hydrogen-bond donors (Lipinski definition) is 2. The lowest BCUT2D eigenvalue weighted by molar-refractivity contribution is 0.403. The van der Waals surface area contributed by atoms with E-state index in [2.05, 4.69) is 17.0 Å². The van der Waals surface area contributed by atoms with Crippen molar-refractivity contribution in [1.82, 2.24) is 4.90 Å². The van der Waals surface area contributed by atoms with E-state index in [-0.39, 0.29) is 5.75 Å². The van der Waals surface area contributed by atoms with Crippen LogP contribution in [0.1, 0.15) is 5.56 Å². The molecule has 0 aliphatic carbocycles. The van der Waals surface area contributed by atoms with E-state index in [9.17, 15) is 5.11 Å².